The van der Waals surface area contributed by atoms with E-state index in [4.69, 9.17) is 9.47 Å². The van der Waals surface area contributed by atoms with Crippen molar-refractivity contribution in [2.24, 2.45) is 0 Å². The van der Waals surface area contributed by atoms with E-state index in [1.54, 1.807) is 19.2 Å². The van der Waals surface area contributed by atoms with Gasteiger partial charge in [-0.2, -0.15) is 0 Å². The Bertz CT molecular complexity index is 600. The number of hydrogen-bond acceptors (Lipinski definition) is 5. The highest BCUT2D eigenvalue weighted by Crippen LogP contribution is 2.18. The van der Waals surface area contributed by atoms with Crippen molar-refractivity contribution in [1.29, 1.82) is 0 Å². The lowest BCUT2D eigenvalue weighted by molar-refractivity contribution is 0.0600. The SMILES string of the molecule is COC(=O)c1cc(CNNc2ccccc2)cc(OC)c1. The molecule has 0 aliphatic heterocycles. The van der Waals surface area contributed by atoms with Crippen LogP contribution in [0.1, 0.15) is 15.9 Å². The third-order valence-corrected chi connectivity index (χ3v) is 2.92. The van der Waals surface area contributed by atoms with E-state index in [-0.39, 0.29) is 5.97 Å². The maximum absolute atomic E-state index is 11.6. The largest absolute Gasteiger partial charge is 0.497 e. The van der Waals surface area contributed by atoms with E-state index < -0.39 is 0 Å². The Morgan fingerprint density at radius 1 is 1.10 bits per heavy atom. The molecule has 0 spiro atoms. The zero-order valence-electron chi connectivity index (χ0n) is 12.1. The minimum atomic E-state index is -0.383. The summed E-state index contributed by atoms with van der Waals surface area (Å²) in [4.78, 5) is 11.6. The highest BCUT2D eigenvalue weighted by Gasteiger charge is 2.09. The molecular formula is C16H18N2O3. The zero-order chi connectivity index (χ0) is 15.1. The van der Waals surface area contributed by atoms with Gasteiger partial charge in [0.05, 0.1) is 19.8 Å². The minimum Gasteiger partial charge on any atom is -0.497 e. The first-order valence-electron chi connectivity index (χ1n) is 6.53. The molecule has 21 heavy (non-hydrogen) atoms. The van der Waals surface area contributed by atoms with Crippen LogP contribution in [0.5, 0.6) is 5.75 Å². The summed E-state index contributed by atoms with van der Waals surface area (Å²) in [6.45, 7) is 0.538. The fourth-order valence-electron chi connectivity index (χ4n) is 1.89. The highest BCUT2D eigenvalue weighted by molar-refractivity contribution is 5.90. The standard InChI is InChI=1S/C16H18N2O3/c1-20-15-9-12(8-13(10-15)16(19)21-2)11-17-18-14-6-4-3-5-7-14/h3-10,17-18H,11H2,1-2H3. The predicted octanol–water partition coefficient (Wildman–Crippen LogP) is 2.60. The highest BCUT2D eigenvalue weighted by atomic mass is 16.5. The van der Waals surface area contributed by atoms with Gasteiger partial charge in [0.2, 0.25) is 0 Å². The van der Waals surface area contributed by atoms with Gasteiger partial charge >= 0.3 is 5.97 Å². The maximum atomic E-state index is 11.6. The summed E-state index contributed by atoms with van der Waals surface area (Å²) < 4.78 is 9.93. The van der Waals surface area contributed by atoms with Crippen LogP contribution in [0.4, 0.5) is 5.69 Å². The molecule has 2 aromatic rings. The predicted molar refractivity (Wildman–Crippen MR) is 81.2 cm³/mol. The number of hydrogen-bond donors (Lipinski definition) is 2. The molecule has 2 rings (SSSR count). The van der Waals surface area contributed by atoms with Crippen molar-refractivity contribution >= 4 is 11.7 Å². The topological polar surface area (TPSA) is 59.6 Å². The molecule has 0 bridgehead atoms. The summed E-state index contributed by atoms with van der Waals surface area (Å²) in [7, 11) is 2.92. The lowest BCUT2D eigenvalue weighted by Crippen LogP contribution is -2.21. The molecular weight excluding hydrogens is 268 g/mol. The van der Waals surface area contributed by atoms with Crippen LogP contribution >= 0.6 is 0 Å². The number of hydrazine groups is 1. The van der Waals surface area contributed by atoms with Crippen LogP contribution in [0.2, 0.25) is 0 Å². The lowest BCUT2D eigenvalue weighted by atomic mass is 10.1. The van der Waals surface area contributed by atoms with E-state index >= 15 is 0 Å². The number of carbonyl (C=O) groups excluding carboxylic acids is 1. The van der Waals surface area contributed by atoms with Crippen LogP contribution in [0.3, 0.4) is 0 Å². The Balaban J connectivity index is 2.03. The lowest BCUT2D eigenvalue weighted by Gasteiger charge is -2.11. The summed E-state index contributed by atoms with van der Waals surface area (Å²) in [5, 5.41) is 0. The molecule has 0 heterocycles. The monoisotopic (exact) mass is 286 g/mol. The van der Waals surface area contributed by atoms with Crippen molar-refractivity contribution in [3.63, 3.8) is 0 Å². The van der Waals surface area contributed by atoms with E-state index in [2.05, 4.69) is 10.9 Å². The van der Waals surface area contributed by atoms with Gasteiger partial charge in [0, 0.05) is 12.2 Å². The molecule has 0 amide bonds. The Morgan fingerprint density at radius 2 is 1.86 bits per heavy atom. The van der Waals surface area contributed by atoms with Gasteiger partial charge < -0.3 is 14.9 Å². The van der Waals surface area contributed by atoms with Crippen LogP contribution in [-0.2, 0) is 11.3 Å². The van der Waals surface area contributed by atoms with Crippen LogP contribution in [0.25, 0.3) is 0 Å². The number of carbonyl (C=O) groups is 1. The summed E-state index contributed by atoms with van der Waals surface area (Å²) in [6, 6.07) is 15.1. The van der Waals surface area contributed by atoms with Crippen molar-refractivity contribution in [2.45, 2.75) is 6.54 Å². The molecule has 0 radical (unpaired) electrons. The van der Waals surface area contributed by atoms with Crippen molar-refractivity contribution in [3.8, 4) is 5.75 Å². The third-order valence-electron chi connectivity index (χ3n) is 2.92. The van der Waals surface area contributed by atoms with E-state index in [0.717, 1.165) is 11.3 Å². The molecule has 5 nitrogen and oxygen atoms in total. The normalized spacial score (nSPS) is 10.0. The molecule has 0 aromatic heterocycles. The van der Waals surface area contributed by atoms with E-state index in [0.29, 0.717) is 17.9 Å². The number of nitrogens with one attached hydrogen (secondary N) is 2. The van der Waals surface area contributed by atoms with Gasteiger partial charge in [-0.25, -0.2) is 10.2 Å². The van der Waals surface area contributed by atoms with Gasteiger partial charge in [0.1, 0.15) is 5.75 Å². The van der Waals surface area contributed by atoms with Gasteiger partial charge in [-0.05, 0) is 35.9 Å². The molecule has 0 saturated carbocycles. The molecule has 0 aliphatic rings. The summed E-state index contributed by atoms with van der Waals surface area (Å²) in [5.41, 5.74) is 8.53. The Kier molecular flexibility index (Phi) is 5.17. The van der Waals surface area contributed by atoms with Crippen LogP contribution < -0.4 is 15.6 Å². The number of methoxy groups -OCH3 is 2. The average Bonchev–Trinajstić information content (AvgIpc) is 2.54. The molecule has 2 aromatic carbocycles. The summed E-state index contributed by atoms with van der Waals surface area (Å²) in [5.74, 6) is 0.237. The van der Waals surface area contributed by atoms with E-state index in [9.17, 15) is 4.79 Å². The van der Waals surface area contributed by atoms with Gasteiger partial charge in [-0.1, -0.05) is 18.2 Å². The number of rotatable bonds is 6. The second-order valence-corrected chi connectivity index (χ2v) is 4.41. The number of para-hydroxylation sites is 1. The second kappa shape index (κ2) is 7.31. The number of benzene rings is 2. The fourth-order valence-corrected chi connectivity index (χ4v) is 1.89. The van der Waals surface area contributed by atoms with Crippen molar-refractivity contribution in [1.82, 2.24) is 5.43 Å². The van der Waals surface area contributed by atoms with Gasteiger partial charge in [0.25, 0.3) is 0 Å². The average molecular weight is 286 g/mol. The minimum absolute atomic E-state index is 0.383. The number of ether oxygens (including phenoxy) is 2. The van der Waals surface area contributed by atoms with Crippen molar-refractivity contribution in [2.75, 3.05) is 19.6 Å². The van der Waals surface area contributed by atoms with E-state index in [1.807, 2.05) is 36.4 Å². The van der Waals surface area contributed by atoms with Crippen LogP contribution in [-0.4, -0.2) is 20.2 Å². The van der Waals surface area contributed by atoms with E-state index in [1.165, 1.54) is 7.11 Å². The van der Waals surface area contributed by atoms with Crippen LogP contribution in [0.15, 0.2) is 48.5 Å². The smallest absolute Gasteiger partial charge is 0.337 e. The quantitative estimate of drug-likeness (QED) is 0.631. The molecule has 2 N–H and O–H groups in total. The maximum Gasteiger partial charge on any atom is 0.337 e. The number of esters is 1. The first-order chi connectivity index (χ1) is 10.2. The molecule has 5 heteroatoms. The second-order valence-electron chi connectivity index (χ2n) is 4.41. The molecule has 0 fully saturated rings. The molecule has 110 valence electrons. The third kappa shape index (κ3) is 4.22. The summed E-state index contributed by atoms with van der Waals surface area (Å²) in [6.07, 6.45) is 0. The van der Waals surface area contributed by atoms with Crippen LogP contribution in [0, 0.1) is 0 Å². The Morgan fingerprint density at radius 3 is 2.52 bits per heavy atom. The van der Waals surface area contributed by atoms with Crippen molar-refractivity contribution in [3.05, 3.63) is 59.7 Å². The first-order valence-corrected chi connectivity index (χ1v) is 6.53. The van der Waals surface area contributed by atoms with Gasteiger partial charge in [-0.3, -0.25) is 0 Å². The Hall–Kier alpha value is -2.53. The molecule has 0 aliphatic carbocycles. The summed E-state index contributed by atoms with van der Waals surface area (Å²) >= 11 is 0. The van der Waals surface area contributed by atoms with Gasteiger partial charge in [-0.15, -0.1) is 0 Å². The molecule has 0 saturated heterocycles. The van der Waals surface area contributed by atoms with Gasteiger partial charge in [0.15, 0.2) is 0 Å². The first kappa shape index (κ1) is 14.9. The zero-order valence-corrected chi connectivity index (χ0v) is 12.1. The van der Waals surface area contributed by atoms with Crippen molar-refractivity contribution < 1.29 is 14.3 Å². The molecule has 0 unspecified atom stereocenters. The number of anilines is 1. The fraction of sp³-hybridized carbons (Fsp3) is 0.188. The molecule has 0 atom stereocenters. The Labute approximate surface area is 123 Å².